The monoisotopic (exact) mass is 237 g/mol. The number of nitrogens with one attached hydrogen (secondary N) is 1. The molecule has 0 aromatic rings. The zero-order valence-electron chi connectivity index (χ0n) is 9.57. The average molecular weight is 237 g/mol. The third-order valence-electron chi connectivity index (χ3n) is 2.11. The molecule has 2 N–H and O–H groups in total. The summed E-state index contributed by atoms with van der Waals surface area (Å²) in [6.45, 7) is 6.53. The van der Waals surface area contributed by atoms with Crippen LogP contribution in [0.2, 0.25) is 0 Å². The molecule has 0 bridgehead atoms. The zero-order valence-corrected chi connectivity index (χ0v) is 10.4. The molecule has 0 aliphatic heterocycles. The third-order valence-corrected chi connectivity index (χ3v) is 3.98. The van der Waals surface area contributed by atoms with Crippen LogP contribution >= 0.6 is 0 Å². The highest BCUT2D eigenvalue weighted by Crippen LogP contribution is 2.12. The van der Waals surface area contributed by atoms with Gasteiger partial charge in [0.25, 0.3) is 0 Å². The minimum Gasteiger partial charge on any atom is -0.480 e. The normalized spacial score (nSPS) is 16.3. The number of carboxylic acids is 1. The first-order chi connectivity index (χ1) is 6.63. The molecule has 0 aliphatic rings. The Bertz CT molecular complexity index is 323. The second-order valence-electron chi connectivity index (χ2n) is 4.27. The van der Waals surface area contributed by atoms with E-state index in [0.717, 1.165) is 0 Å². The zero-order chi connectivity index (χ0) is 12.3. The first kappa shape index (κ1) is 14.4. The van der Waals surface area contributed by atoms with Crippen molar-refractivity contribution >= 4 is 16.0 Å². The van der Waals surface area contributed by atoms with E-state index >= 15 is 0 Å². The van der Waals surface area contributed by atoms with Gasteiger partial charge >= 0.3 is 5.97 Å². The fourth-order valence-electron chi connectivity index (χ4n) is 1.09. The summed E-state index contributed by atoms with van der Waals surface area (Å²) in [4.78, 5) is 10.9. The molecule has 0 radical (unpaired) electrons. The second kappa shape index (κ2) is 4.94. The van der Waals surface area contributed by atoms with Crippen LogP contribution in [0.15, 0.2) is 0 Å². The van der Waals surface area contributed by atoms with Crippen LogP contribution in [0.4, 0.5) is 0 Å². The van der Waals surface area contributed by atoms with Gasteiger partial charge in [0, 0.05) is 0 Å². The van der Waals surface area contributed by atoms with Crippen molar-refractivity contribution in [3.8, 4) is 0 Å². The van der Waals surface area contributed by atoms with E-state index in [9.17, 15) is 13.2 Å². The SMILES string of the molecule is CCC(C)(NS(=O)(=O)CC(C)C)C(=O)O. The summed E-state index contributed by atoms with van der Waals surface area (Å²) in [5.41, 5.74) is -1.41. The van der Waals surface area contributed by atoms with Gasteiger partial charge in [-0.3, -0.25) is 4.79 Å². The van der Waals surface area contributed by atoms with Gasteiger partial charge in [0.05, 0.1) is 5.75 Å². The van der Waals surface area contributed by atoms with Crippen LogP contribution in [0.5, 0.6) is 0 Å². The highest BCUT2D eigenvalue weighted by atomic mass is 32.2. The Morgan fingerprint density at radius 3 is 2.20 bits per heavy atom. The van der Waals surface area contributed by atoms with Crippen molar-refractivity contribution in [3.05, 3.63) is 0 Å². The molecule has 15 heavy (non-hydrogen) atoms. The Hall–Kier alpha value is -0.620. The van der Waals surface area contributed by atoms with Crippen molar-refractivity contribution < 1.29 is 18.3 Å². The summed E-state index contributed by atoms with van der Waals surface area (Å²) in [5.74, 6) is -1.25. The average Bonchev–Trinajstić information content (AvgIpc) is 2.00. The van der Waals surface area contributed by atoms with E-state index in [1.807, 2.05) is 0 Å². The third kappa shape index (κ3) is 4.61. The predicted octanol–water partition coefficient (Wildman–Crippen LogP) is 0.815. The summed E-state index contributed by atoms with van der Waals surface area (Å²) >= 11 is 0. The molecular formula is C9H19NO4S. The number of hydrogen-bond acceptors (Lipinski definition) is 3. The minimum atomic E-state index is -3.53. The van der Waals surface area contributed by atoms with E-state index in [4.69, 9.17) is 5.11 Å². The Balaban J connectivity index is 4.77. The van der Waals surface area contributed by atoms with Crippen molar-refractivity contribution in [1.82, 2.24) is 4.72 Å². The number of carbonyl (C=O) groups is 1. The van der Waals surface area contributed by atoms with Crippen molar-refractivity contribution in [3.63, 3.8) is 0 Å². The van der Waals surface area contributed by atoms with Gasteiger partial charge in [-0.2, -0.15) is 4.72 Å². The van der Waals surface area contributed by atoms with Crippen molar-refractivity contribution in [2.45, 2.75) is 39.7 Å². The van der Waals surface area contributed by atoms with Crippen molar-refractivity contribution in [2.75, 3.05) is 5.75 Å². The van der Waals surface area contributed by atoms with Gasteiger partial charge in [-0.15, -0.1) is 0 Å². The molecule has 0 rings (SSSR count). The van der Waals surface area contributed by atoms with Crippen LogP contribution in [-0.2, 0) is 14.8 Å². The Morgan fingerprint density at radius 1 is 1.47 bits per heavy atom. The maximum Gasteiger partial charge on any atom is 0.324 e. The molecule has 0 saturated carbocycles. The molecule has 1 unspecified atom stereocenters. The molecule has 0 saturated heterocycles. The molecule has 0 amide bonds. The van der Waals surface area contributed by atoms with Crippen LogP contribution < -0.4 is 4.72 Å². The van der Waals surface area contributed by atoms with Gasteiger partial charge in [-0.25, -0.2) is 8.42 Å². The van der Waals surface area contributed by atoms with Gasteiger partial charge in [0.2, 0.25) is 10.0 Å². The van der Waals surface area contributed by atoms with E-state index in [-0.39, 0.29) is 18.1 Å². The molecular weight excluding hydrogens is 218 g/mol. The summed E-state index contributed by atoms with van der Waals surface area (Å²) in [5, 5.41) is 8.90. The largest absolute Gasteiger partial charge is 0.480 e. The summed E-state index contributed by atoms with van der Waals surface area (Å²) in [6, 6.07) is 0. The number of sulfonamides is 1. The lowest BCUT2D eigenvalue weighted by Crippen LogP contribution is -2.52. The Labute approximate surface area is 90.9 Å². The van der Waals surface area contributed by atoms with Gasteiger partial charge < -0.3 is 5.11 Å². The number of hydrogen-bond donors (Lipinski definition) is 2. The Kier molecular flexibility index (Phi) is 4.73. The van der Waals surface area contributed by atoms with Crippen LogP contribution in [0, 0.1) is 5.92 Å². The quantitative estimate of drug-likeness (QED) is 0.716. The van der Waals surface area contributed by atoms with Crippen LogP contribution in [0.3, 0.4) is 0 Å². The summed E-state index contributed by atoms with van der Waals surface area (Å²) in [7, 11) is -3.53. The van der Waals surface area contributed by atoms with E-state index in [1.54, 1.807) is 20.8 Å². The minimum absolute atomic E-state index is 0.0302. The molecule has 0 fully saturated rings. The van der Waals surface area contributed by atoms with Crippen LogP contribution in [0.25, 0.3) is 0 Å². The maximum absolute atomic E-state index is 11.5. The molecule has 0 aromatic carbocycles. The van der Waals surface area contributed by atoms with Crippen molar-refractivity contribution in [1.29, 1.82) is 0 Å². The van der Waals surface area contributed by atoms with Gasteiger partial charge in [0.15, 0.2) is 0 Å². The molecule has 0 aliphatic carbocycles. The first-order valence-electron chi connectivity index (χ1n) is 4.88. The highest BCUT2D eigenvalue weighted by Gasteiger charge is 2.35. The summed E-state index contributed by atoms with van der Waals surface area (Å²) < 4.78 is 25.3. The topological polar surface area (TPSA) is 83.5 Å². The standard InChI is InChI=1S/C9H19NO4S/c1-5-9(4,8(11)12)10-15(13,14)6-7(2)3/h7,10H,5-6H2,1-4H3,(H,11,12). The molecule has 90 valence electrons. The summed E-state index contributed by atoms with van der Waals surface area (Å²) in [6.07, 6.45) is 0.208. The van der Waals surface area contributed by atoms with E-state index < -0.39 is 21.5 Å². The molecule has 0 spiro atoms. The second-order valence-corrected chi connectivity index (χ2v) is 6.04. The molecule has 0 heterocycles. The Morgan fingerprint density at radius 2 is 1.93 bits per heavy atom. The lowest BCUT2D eigenvalue weighted by atomic mass is 10.0. The highest BCUT2D eigenvalue weighted by molar-refractivity contribution is 7.89. The number of aliphatic carboxylic acids is 1. The van der Waals surface area contributed by atoms with Crippen LogP contribution in [-0.4, -0.2) is 30.8 Å². The van der Waals surface area contributed by atoms with Gasteiger partial charge in [-0.1, -0.05) is 20.8 Å². The fourth-order valence-corrected chi connectivity index (χ4v) is 2.97. The van der Waals surface area contributed by atoms with E-state index in [2.05, 4.69) is 4.72 Å². The van der Waals surface area contributed by atoms with Crippen molar-refractivity contribution in [2.24, 2.45) is 5.92 Å². The van der Waals surface area contributed by atoms with Gasteiger partial charge in [0.1, 0.15) is 5.54 Å². The smallest absolute Gasteiger partial charge is 0.324 e. The number of carboxylic acid groups (broad SMARTS) is 1. The van der Waals surface area contributed by atoms with E-state index in [0.29, 0.717) is 0 Å². The van der Waals surface area contributed by atoms with E-state index in [1.165, 1.54) is 6.92 Å². The predicted molar refractivity (Wildman–Crippen MR) is 58.1 cm³/mol. The molecule has 5 nitrogen and oxygen atoms in total. The maximum atomic E-state index is 11.5. The molecule has 0 aromatic heterocycles. The first-order valence-corrected chi connectivity index (χ1v) is 6.53. The number of rotatable bonds is 6. The fraction of sp³-hybridized carbons (Fsp3) is 0.889. The molecule has 6 heteroatoms. The van der Waals surface area contributed by atoms with Gasteiger partial charge in [-0.05, 0) is 19.3 Å². The lowest BCUT2D eigenvalue weighted by molar-refractivity contribution is -0.143. The molecule has 1 atom stereocenters. The van der Waals surface area contributed by atoms with Crippen LogP contribution in [0.1, 0.15) is 34.1 Å². The lowest BCUT2D eigenvalue weighted by Gasteiger charge is -2.24.